The molecule has 7 heteroatoms. The molecule has 0 unspecified atom stereocenters. The predicted molar refractivity (Wildman–Crippen MR) is 133 cm³/mol. The maximum Gasteiger partial charge on any atom is 0.317 e. The molecule has 2 rings (SSSR count). The first-order valence-corrected chi connectivity index (χ1v) is 12.2. The quantitative estimate of drug-likeness (QED) is 0.420. The number of nitrogens with two attached hydrogens (primary N) is 1. The number of hydrogen-bond acceptors (Lipinski definition) is 4. The van der Waals surface area contributed by atoms with Crippen LogP contribution < -0.4 is 11.1 Å². The van der Waals surface area contributed by atoms with E-state index in [4.69, 9.17) is 5.73 Å². The van der Waals surface area contributed by atoms with Crippen molar-refractivity contribution in [1.82, 2.24) is 15.1 Å². The van der Waals surface area contributed by atoms with Gasteiger partial charge in [-0.05, 0) is 72.0 Å². The Morgan fingerprint density at radius 1 is 1.15 bits per heavy atom. The van der Waals surface area contributed by atoms with E-state index in [9.17, 15) is 14.7 Å². The third-order valence-electron chi connectivity index (χ3n) is 7.24. The molecule has 0 aromatic heterocycles. The SMILES string of the molecule is CCC[C@@](CCCN(CC(C)(C)C(N)=O)C(=O)NCC1(O)CCC1)(c1ccccc1)N(C)C. The molecule has 1 aromatic carbocycles. The van der Waals surface area contributed by atoms with Gasteiger partial charge in [-0.25, -0.2) is 4.79 Å². The van der Waals surface area contributed by atoms with Gasteiger partial charge in [-0.3, -0.25) is 9.69 Å². The second kappa shape index (κ2) is 11.3. The number of nitrogens with zero attached hydrogens (tertiary/aromatic N) is 2. The topological polar surface area (TPSA) is 98.9 Å². The molecule has 1 saturated carbocycles. The van der Waals surface area contributed by atoms with Gasteiger partial charge < -0.3 is 21.1 Å². The van der Waals surface area contributed by atoms with Crippen LogP contribution in [0.25, 0.3) is 0 Å². The lowest BCUT2D eigenvalue weighted by atomic mass is 9.80. The fourth-order valence-electron chi connectivity index (χ4n) is 4.76. The molecule has 1 atom stereocenters. The molecule has 0 spiro atoms. The van der Waals surface area contributed by atoms with Crippen molar-refractivity contribution < 1.29 is 14.7 Å². The van der Waals surface area contributed by atoms with Gasteiger partial charge in [0.05, 0.1) is 11.0 Å². The average molecular weight is 461 g/mol. The van der Waals surface area contributed by atoms with E-state index in [1.54, 1.807) is 18.7 Å². The summed E-state index contributed by atoms with van der Waals surface area (Å²) >= 11 is 0. The number of rotatable bonds is 13. The Morgan fingerprint density at radius 2 is 1.79 bits per heavy atom. The van der Waals surface area contributed by atoms with Gasteiger partial charge in [0.25, 0.3) is 0 Å². The van der Waals surface area contributed by atoms with E-state index in [1.165, 1.54) is 5.56 Å². The van der Waals surface area contributed by atoms with Crippen LogP contribution in [-0.2, 0) is 10.3 Å². The van der Waals surface area contributed by atoms with E-state index in [0.29, 0.717) is 19.4 Å². The smallest absolute Gasteiger partial charge is 0.317 e. The maximum absolute atomic E-state index is 13.1. The van der Waals surface area contributed by atoms with Crippen molar-refractivity contribution in [1.29, 1.82) is 0 Å². The van der Waals surface area contributed by atoms with Gasteiger partial charge in [0.15, 0.2) is 0 Å². The first-order valence-electron chi connectivity index (χ1n) is 12.2. The fraction of sp³-hybridized carbons (Fsp3) is 0.692. The number of amides is 3. The lowest BCUT2D eigenvalue weighted by Crippen LogP contribution is -2.53. The summed E-state index contributed by atoms with van der Waals surface area (Å²) in [6.45, 7) is 6.70. The molecule has 4 N–H and O–H groups in total. The van der Waals surface area contributed by atoms with Gasteiger partial charge in [-0.15, -0.1) is 0 Å². The van der Waals surface area contributed by atoms with Crippen molar-refractivity contribution in [2.75, 3.05) is 33.7 Å². The Balaban J connectivity index is 2.14. The molecule has 0 radical (unpaired) electrons. The van der Waals surface area contributed by atoms with Gasteiger partial charge in [-0.1, -0.05) is 43.7 Å². The van der Waals surface area contributed by atoms with Crippen LogP contribution in [0.5, 0.6) is 0 Å². The van der Waals surface area contributed by atoms with Crippen LogP contribution in [0.3, 0.4) is 0 Å². The zero-order valence-electron chi connectivity index (χ0n) is 21.2. The molecular weight excluding hydrogens is 416 g/mol. The number of hydrogen-bond donors (Lipinski definition) is 3. The minimum absolute atomic E-state index is 0.127. The van der Waals surface area contributed by atoms with Crippen molar-refractivity contribution in [3.05, 3.63) is 35.9 Å². The molecular formula is C26H44N4O3. The Labute approximate surface area is 199 Å². The van der Waals surface area contributed by atoms with Gasteiger partial charge in [-0.2, -0.15) is 0 Å². The van der Waals surface area contributed by atoms with Crippen molar-refractivity contribution >= 4 is 11.9 Å². The molecule has 0 heterocycles. The lowest BCUT2D eigenvalue weighted by molar-refractivity contribution is -0.126. The molecule has 1 aromatic rings. The molecule has 0 saturated heterocycles. The number of nitrogens with one attached hydrogen (secondary N) is 1. The number of urea groups is 1. The highest BCUT2D eigenvalue weighted by Gasteiger charge is 2.37. The predicted octanol–water partition coefficient (Wildman–Crippen LogP) is 3.46. The summed E-state index contributed by atoms with van der Waals surface area (Å²) in [5.41, 5.74) is 5.11. The summed E-state index contributed by atoms with van der Waals surface area (Å²) in [5.74, 6) is -0.434. The number of benzene rings is 1. The fourth-order valence-corrected chi connectivity index (χ4v) is 4.76. The Morgan fingerprint density at radius 3 is 2.27 bits per heavy atom. The first kappa shape index (κ1) is 27.1. The number of carbonyl (C=O) groups excluding carboxylic acids is 2. The van der Waals surface area contributed by atoms with Gasteiger partial charge >= 0.3 is 6.03 Å². The Kier molecular flexibility index (Phi) is 9.32. The summed E-state index contributed by atoms with van der Waals surface area (Å²) in [4.78, 5) is 29.0. The summed E-state index contributed by atoms with van der Waals surface area (Å²) in [6.07, 6.45) is 6.11. The summed E-state index contributed by atoms with van der Waals surface area (Å²) < 4.78 is 0. The molecule has 0 aliphatic heterocycles. The standard InChI is InChI=1S/C26H44N4O3/c1-6-14-26(29(4)5,21-12-8-7-9-13-21)17-11-18-30(20-24(2,3)22(27)31)23(32)28-19-25(33)15-10-16-25/h7-9,12-13,33H,6,10-11,14-20H2,1-5H3,(H2,27,31)(H,28,32)/t26-/m1/s1. The van der Waals surface area contributed by atoms with E-state index in [0.717, 1.165) is 32.1 Å². The summed E-state index contributed by atoms with van der Waals surface area (Å²) in [5, 5.41) is 13.3. The highest BCUT2D eigenvalue weighted by molar-refractivity contribution is 5.81. The van der Waals surface area contributed by atoms with Crippen LogP contribution in [0.2, 0.25) is 0 Å². The normalized spacial score (nSPS) is 17.2. The van der Waals surface area contributed by atoms with Crippen molar-refractivity contribution in [3.8, 4) is 0 Å². The van der Waals surface area contributed by atoms with Crippen LogP contribution in [0, 0.1) is 5.41 Å². The second-order valence-corrected chi connectivity index (χ2v) is 10.6. The van der Waals surface area contributed by atoms with E-state index >= 15 is 0 Å². The summed E-state index contributed by atoms with van der Waals surface area (Å²) in [7, 11) is 4.23. The largest absolute Gasteiger partial charge is 0.388 e. The van der Waals surface area contributed by atoms with Crippen LogP contribution in [0.1, 0.15) is 71.3 Å². The monoisotopic (exact) mass is 460 g/mol. The lowest BCUT2D eigenvalue weighted by Gasteiger charge is -2.42. The number of aliphatic hydroxyl groups is 1. The van der Waals surface area contributed by atoms with E-state index in [1.807, 2.05) is 6.07 Å². The molecule has 1 aliphatic rings. The summed E-state index contributed by atoms with van der Waals surface area (Å²) in [6, 6.07) is 10.3. The van der Waals surface area contributed by atoms with E-state index in [-0.39, 0.29) is 24.7 Å². The molecule has 3 amide bonds. The molecule has 186 valence electrons. The molecule has 1 fully saturated rings. The molecule has 33 heavy (non-hydrogen) atoms. The van der Waals surface area contributed by atoms with Gasteiger partial charge in [0.1, 0.15) is 0 Å². The second-order valence-electron chi connectivity index (χ2n) is 10.6. The Hall–Kier alpha value is -2.12. The van der Waals surface area contributed by atoms with Crippen LogP contribution in [0.15, 0.2) is 30.3 Å². The number of primary amides is 1. The van der Waals surface area contributed by atoms with Crippen molar-refractivity contribution in [3.63, 3.8) is 0 Å². The van der Waals surface area contributed by atoms with Crippen molar-refractivity contribution in [2.45, 2.75) is 76.9 Å². The third-order valence-corrected chi connectivity index (χ3v) is 7.24. The Bertz CT molecular complexity index is 777. The van der Waals surface area contributed by atoms with E-state index in [2.05, 4.69) is 55.5 Å². The molecule has 0 bridgehead atoms. The van der Waals surface area contributed by atoms with Crippen LogP contribution in [-0.4, -0.2) is 66.2 Å². The minimum atomic E-state index is -0.841. The van der Waals surface area contributed by atoms with Crippen LogP contribution >= 0.6 is 0 Å². The average Bonchev–Trinajstić information content (AvgIpc) is 2.75. The van der Waals surface area contributed by atoms with Gasteiger partial charge in [0.2, 0.25) is 5.91 Å². The maximum atomic E-state index is 13.1. The number of carbonyl (C=O) groups is 2. The third kappa shape index (κ3) is 6.93. The van der Waals surface area contributed by atoms with Gasteiger partial charge in [0, 0.05) is 25.2 Å². The minimum Gasteiger partial charge on any atom is -0.388 e. The zero-order chi connectivity index (χ0) is 24.7. The highest BCUT2D eigenvalue weighted by atomic mass is 16.3. The van der Waals surface area contributed by atoms with Crippen LogP contribution in [0.4, 0.5) is 4.79 Å². The first-order chi connectivity index (χ1) is 15.5. The molecule has 1 aliphatic carbocycles. The molecule has 7 nitrogen and oxygen atoms in total. The zero-order valence-corrected chi connectivity index (χ0v) is 21.2. The van der Waals surface area contributed by atoms with E-state index < -0.39 is 16.9 Å². The van der Waals surface area contributed by atoms with Crippen molar-refractivity contribution in [2.24, 2.45) is 11.1 Å². The highest BCUT2D eigenvalue weighted by Crippen LogP contribution is 2.36.